The third-order valence-corrected chi connectivity index (χ3v) is 5.71. The third-order valence-electron chi connectivity index (χ3n) is 3.99. The van der Waals surface area contributed by atoms with Gasteiger partial charge in [-0.2, -0.15) is 0 Å². The van der Waals surface area contributed by atoms with Crippen molar-refractivity contribution in [3.63, 3.8) is 0 Å². The van der Waals surface area contributed by atoms with Crippen molar-refractivity contribution in [3.05, 3.63) is 69.8 Å². The fourth-order valence-electron chi connectivity index (χ4n) is 2.53. The van der Waals surface area contributed by atoms with Crippen molar-refractivity contribution in [2.75, 3.05) is 6.54 Å². The number of nitrogens with one attached hydrogen (secondary N) is 1. The number of hydrogen-bond donors (Lipinski definition) is 2. The molecule has 0 fully saturated rings. The second kappa shape index (κ2) is 7.12. The number of carbonyl (C=O) groups excluding carboxylic acids is 1. The largest absolute Gasteiger partial charge is 0.383 e. The SMILES string of the molecule is CC(O)(CNC(=O)Cc1c(F)cccc1Cl)c1cc2ccccc2s1. The van der Waals surface area contributed by atoms with E-state index in [1.165, 1.54) is 23.5 Å². The Bertz CT molecular complexity index is 869. The Balaban J connectivity index is 1.68. The van der Waals surface area contributed by atoms with Gasteiger partial charge >= 0.3 is 0 Å². The minimum absolute atomic E-state index is 0.0325. The summed E-state index contributed by atoms with van der Waals surface area (Å²) >= 11 is 7.42. The molecule has 1 aromatic heterocycles. The van der Waals surface area contributed by atoms with E-state index < -0.39 is 17.3 Å². The summed E-state index contributed by atoms with van der Waals surface area (Å²) in [6.07, 6.45) is -0.173. The van der Waals surface area contributed by atoms with Crippen LogP contribution < -0.4 is 5.32 Å². The summed E-state index contributed by atoms with van der Waals surface area (Å²) in [6.45, 7) is 1.68. The summed E-state index contributed by atoms with van der Waals surface area (Å²) in [6, 6.07) is 14.1. The highest BCUT2D eigenvalue weighted by atomic mass is 35.5. The lowest BCUT2D eigenvalue weighted by Gasteiger charge is -2.22. The van der Waals surface area contributed by atoms with Crippen LogP contribution in [0.4, 0.5) is 4.39 Å². The molecule has 2 aromatic carbocycles. The van der Waals surface area contributed by atoms with Crippen LogP contribution in [0.15, 0.2) is 48.5 Å². The number of hydrogen-bond acceptors (Lipinski definition) is 3. The van der Waals surface area contributed by atoms with Crippen LogP contribution in [0.2, 0.25) is 5.02 Å². The number of fused-ring (bicyclic) bond motifs is 1. The van der Waals surface area contributed by atoms with Crippen LogP contribution in [0, 0.1) is 5.82 Å². The number of aliphatic hydroxyl groups is 1. The van der Waals surface area contributed by atoms with Crippen LogP contribution in [0.5, 0.6) is 0 Å². The predicted molar refractivity (Wildman–Crippen MR) is 99.5 cm³/mol. The number of rotatable bonds is 5. The van der Waals surface area contributed by atoms with E-state index in [1.54, 1.807) is 13.0 Å². The van der Waals surface area contributed by atoms with E-state index in [-0.39, 0.29) is 23.6 Å². The third kappa shape index (κ3) is 4.00. The molecule has 25 heavy (non-hydrogen) atoms. The van der Waals surface area contributed by atoms with Gasteiger partial charge in [0.05, 0.1) is 13.0 Å². The second-order valence-electron chi connectivity index (χ2n) is 6.08. The monoisotopic (exact) mass is 377 g/mol. The number of thiophene rings is 1. The zero-order valence-electron chi connectivity index (χ0n) is 13.6. The van der Waals surface area contributed by atoms with Crippen LogP contribution >= 0.6 is 22.9 Å². The van der Waals surface area contributed by atoms with Gasteiger partial charge in [0, 0.05) is 20.2 Å². The van der Waals surface area contributed by atoms with E-state index in [0.29, 0.717) is 0 Å². The maximum atomic E-state index is 13.8. The van der Waals surface area contributed by atoms with Crippen molar-refractivity contribution < 1.29 is 14.3 Å². The lowest BCUT2D eigenvalue weighted by Crippen LogP contribution is -2.38. The second-order valence-corrected chi connectivity index (χ2v) is 7.57. The van der Waals surface area contributed by atoms with Crippen molar-refractivity contribution in [1.29, 1.82) is 0 Å². The van der Waals surface area contributed by atoms with Gasteiger partial charge in [-0.3, -0.25) is 4.79 Å². The van der Waals surface area contributed by atoms with E-state index in [4.69, 9.17) is 11.6 Å². The highest BCUT2D eigenvalue weighted by Gasteiger charge is 2.26. The fourth-order valence-corrected chi connectivity index (χ4v) is 3.87. The number of halogens is 2. The zero-order chi connectivity index (χ0) is 18.0. The predicted octanol–water partition coefficient (Wildman–Crippen LogP) is 4.26. The Morgan fingerprint density at radius 3 is 2.76 bits per heavy atom. The van der Waals surface area contributed by atoms with E-state index in [0.717, 1.165) is 15.0 Å². The molecule has 1 unspecified atom stereocenters. The van der Waals surface area contributed by atoms with E-state index >= 15 is 0 Å². The fraction of sp³-hybridized carbons (Fsp3) is 0.211. The molecule has 1 atom stereocenters. The first-order valence-corrected chi connectivity index (χ1v) is 8.97. The summed E-state index contributed by atoms with van der Waals surface area (Å²) < 4.78 is 14.8. The molecule has 130 valence electrons. The maximum Gasteiger partial charge on any atom is 0.224 e. The Morgan fingerprint density at radius 2 is 2.04 bits per heavy atom. The highest BCUT2D eigenvalue weighted by molar-refractivity contribution is 7.19. The van der Waals surface area contributed by atoms with Gasteiger partial charge in [0.25, 0.3) is 0 Å². The Hall–Kier alpha value is -1.95. The van der Waals surface area contributed by atoms with Gasteiger partial charge in [-0.05, 0) is 36.6 Å². The molecular formula is C19H17ClFNO2S. The molecule has 2 N–H and O–H groups in total. The Labute approximate surface area is 154 Å². The van der Waals surface area contributed by atoms with Gasteiger partial charge in [-0.25, -0.2) is 4.39 Å². The highest BCUT2D eigenvalue weighted by Crippen LogP contribution is 2.32. The zero-order valence-corrected chi connectivity index (χ0v) is 15.1. The van der Waals surface area contributed by atoms with Crippen LogP contribution in [-0.4, -0.2) is 17.6 Å². The summed E-state index contributed by atoms with van der Waals surface area (Å²) in [5.74, 6) is -0.910. The van der Waals surface area contributed by atoms with Gasteiger partial charge in [-0.1, -0.05) is 35.9 Å². The van der Waals surface area contributed by atoms with Crippen molar-refractivity contribution in [2.45, 2.75) is 18.9 Å². The first-order valence-electron chi connectivity index (χ1n) is 7.78. The smallest absolute Gasteiger partial charge is 0.224 e. The van der Waals surface area contributed by atoms with Crippen molar-refractivity contribution in [1.82, 2.24) is 5.32 Å². The van der Waals surface area contributed by atoms with Crippen molar-refractivity contribution >= 4 is 38.9 Å². The molecule has 6 heteroatoms. The minimum Gasteiger partial charge on any atom is -0.383 e. The number of carbonyl (C=O) groups is 1. The van der Waals surface area contributed by atoms with E-state index in [2.05, 4.69) is 5.32 Å². The summed E-state index contributed by atoms with van der Waals surface area (Å²) in [4.78, 5) is 12.9. The van der Waals surface area contributed by atoms with E-state index in [9.17, 15) is 14.3 Å². The van der Waals surface area contributed by atoms with Crippen molar-refractivity contribution in [2.24, 2.45) is 0 Å². The summed E-state index contributed by atoms with van der Waals surface area (Å²) in [5, 5.41) is 14.6. The van der Waals surface area contributed by atoms with Gasteiger partial charge in [0.1, 0.15) is 11.4 Å². The van der Waals surface area contributed by atoms with Gasteiger partial charge in [0.15, 0.2) is 0 Å². The molecule has 0 saturated carbocycles. The minimum atomic E-state index is -1.21. The molecule has 0 bridgehead atoms. The molecule has 0 radical (unpaired) electrons. The van der Waals surface area contributed by atoms with Gasteiger partial charge < -0.3 is 10.4 Å². The van der Waals surface area contributed by atoms with Crippen LogP contribution in [0.25, 0.3) is 10.1 Å². The number of amides is 1. The number of benzene rings is 2. The van der Waals surface area contributed by atoms with Crippen LogP contribution in [0.3, 0.4) is 0 Å². The first-order chi connectivity index (χ1) is 11.9. The normalized spacial score (nSPS) is 13.6. The maximum absolute atomic E-state index is 13.8. The summed E-state index contributed by atoms with van der Waals surface area (Å²) in [5.41, 5.74) is -1.05. The quantitative estimate of drug-likeness (QED) is 0.698. The average molecular weight is 378 g/mol. The lowest BCUT2D eigenvalue weighted by molar-refractivity contribution is -0.121. The first kappa shape index (κ1) is 17.9. The molecule has 0 aliphatic heterocycles. The topological polar surface area (TPSA) is 49.3 Å². The van der Waals surface area contributed by atoms with Crippen LogP contribution in [0.1, 0.15) is 17.4 Å². The standard InChI is InChI=1S/C19H17ClFNO2S/c1-19(24,17-9-12-5-2-3-8-16(12)25-17)11-22-18(23)10-13-14(20)6-4-7-15(13)21/h2-9,24H,10-11H2,1H3,(H,22,23). The van der Waals surface area contributed by atoms with Gasteiger partial charge in [-0.15, -0.1) is 11.3 Å². The molecule has 0 aliphatic rings. The molecule has 0 saturated heterocycles. The van der Waals surface area contributed by atoms with Crippen molar-refractivity contribution in [3.8, 4) is 0 Å². The Kier molecular flexibility index (Phi) is 5.08. The average Bonchev–Trinajstić information content (AvgIpc) is 3.02. The molecule has 3 rings (SSSR count). The van der Waals surface area contributed by atoms with Crippen LogP contribution in [-0.2, 0) is 16.8 Å². The molecule has 0 spiro atoms. The molecule has 1 heterocycles. The Morgan fingerprint density at radius 1 is 1.28 bits per heavy atom. The molecule has 3 nitrogen and oxygen atoms in total. The molecule has 3 aromatic rings. The molecule has 0 aliphatic carbocycles. The molecule has 1 amide bonds. The molecular weight excluding hydrogens is 361 g/mol. The lowest BCUT2D eigenvalue weighted by atomic mass is 10.0. The van der Waals surface area contributed by atoms with E-state index in [1.807, 2.05) is 30.3 Å². The van der Waals surface area contributed by atoms with Gasteiger partial charge in [0.2, 0.25) is 5.91 Å². The summed E-state index contributed by atoms with van der Waals surface area (Å²) in [7, 11) is 0.